The van der Waals surface area contributed by atoms with Crippen molar-refractivity contribution in [2.75, 3.05) is 24.5 Å². The topological polar surface area (TPSA) is 96.0 Å². The maximum Gasteiger partial charge on any atom is 0.264 e. The van der Waals surface area contributed by atoms with Crippen molar-refractivity contribution >= 4 is 27.5 Å². The second-order valence-corrected chi connectivity index (χ2v) is 11.2. The Kier molecular flexibility index (Phi) is 9.90. The highest BCUT2D eigenvalue weighted by Gasteiger charge is 2.32. The fraction of sp³-hybridized carbons (Fsp3) is 0.310. The molecule has 0 aliphatic heterocycles. The smallest absolute Gasteiger partial charge is 0.264 e. The molecule has 1 N–H and O–H groups in total. The van der Waals surface area contributed by atoms with Crippen LogP contribution >= 0.6 is 0 Å². The van der Waals surface area contributed by atoms with E-state index in [-0.39, 0.29) is 23.3 Å². The molecule has 0 heterocycles. The molecule has 9 heteroatoms. The Morgan fingerprint density at radius 3 is 2.00 bits per heavy atom. The normalized spacial score (nSPS) is 12.0. The lowest BCUT2D eigenvalue weighted by Crippen LogP contribution is -2.51. The lowest BCUT2D eigenvalue weighted by atomic mass is 10.1. The molecule has 0 bridgehead atoms. The van der Waals surface area contributed by atoms with Gasteiger partial charge in [0.2, 0.25) is 11.8 Å². The first-order chi connectivity index (χ1) is 18.1. The summed E-state index contributed by atoms with van der Waals surface area (Å²) in [7, 11) is -2.62. The molecule has 3 rings (SSSR count). The fourth-order valence-corrected chi connectivity index (χ4v) is 5.23. The number of carbonyl (C=O) groups excluding carboxylic acids is 2. The first-order valence-electron chi connectivity index (χ1n) is 12.5. The van der Waals surface area contributed by atoms with Crippen LogP contribution in [0.1, 0.15) is 26.3 Å². The predicted molar refractivity (Wildman–Crippen MR) is 148 cm³/mol. The van der Waals surface area contributed by atoms with Crippen molar-refractivity contribution in [1.82, 2.24) is 10.2 Å². The van der Waals surface area contributed by atoms with Gasteiger partial charge in [-0.2, -0.15) is 0 Å². The van der Waals surface area contributed by atoms with Gasteiger partial charge in [0.15, 0.2) is 0 Å². The van der Waals surface area contributed by atoms with E-state index >= 15 is 0 Å². The molecule has 0 aromatic heterocycles. The Morgan fingerprint density at radius 1 is 0.868 bits per heavy atom. The van der Waals surface area contributed by atoms with Gasteiger partial charge in [-0.25, -0.2) is 8.42 Å². The minimum Gasteiger partial charge on any atom is -0.497 e. The van der Waals surface area contributed by atoms with Crippen molar-refractivity contribution in [2.45, 2.75) is 38.3 Å². The summed E-state index contributed by atoms with van der Waals surface area (Å²) in [5.74, 6) is -0.0385. The number of benzene rings is 3. The zero-order chi connectivity index (χ0) is 27.7. The molecule has 0 saturated carbocycles. The minimum atomic E-state index is -4.12. The van der Waals surface area contributed by atoms with Crippen LogP contribution in [0.2, 0.25) is 0 Å². The van der Waals surface area contributed by atoms with E-state index in [9.17, 15) is 18.0 Å². The lowest BCUT2D eigenvalue weighted by molar-refractivity contribution is -0.139. The largest absolute Gasteiger partial charge is 0.497 e. The molecule has 0 fully saturated rings. The number of amides is 2. The summed E-state index contributed by atoms with van der Waals surface area (Å²) in [4.78, 5) is 28.2. The van der Waals surface area contributed by atoms with Gasteiger partial charge in [-0.05, 0) is 54.8 Å². The first-order valence-corrected chi connectivity index (χ1v) is 13.9. The number of sulfonamides is 1. The van der Waals surface area contributed by atoms with Crippen LogP contribution in [0, 0.1) is 5.92 Å². The van der Waals surface area contributed by atoms with Crippen LogP contribution in [-0.2, 0) is 26.2 Å². The number of hydrogen-bond donors (Lipinski definition) is 1. The van der Waals surface area contributed by atoms with Crippen LogP contribution in [0.3, 0.4) is 0 Å². The zero-order valence-corrected chi connectivity index (χ0v) is 23.0. The van der Waals surface area contributed by atoms with Crippen LogP contribution < -0.4 is 14.4 Å². The van der Waals surface area contributed by atoms with E-state index in [0.717, 1.165) is 9.87 Å². The molecular formula is C29H35N3O5S. The average Bonchev–Trinajstić information content (AvgIpc) is 2.93. The van der Waals surface area contributed by atoms with Crippen molar-refractivity contribution in [1.29, 1.82) is 0 Å². The number of carbonyl (C=O) groups is 2. The van der Waals surface area contributed by atoms with Gasteiger partial charge in [0.1, 0.15) is 18.3 Å². The van der Waals surface area contributed by atoms with Crippen LogP contribution in [0.15, 0.2) is 89.8 Å². The van der Waals surface area contributed by atoms with Crippen LogP contribution in [0.4, 0.5) is 5.69 Å². The molecule has 8 nitrogen and oxygen atoms in total. The summed E-state index contributed by atoms with van der Waals surface area (Å²) >= 11 is 0. The van der Waals surface area contributed by atoms with Crippen molar-refractivity contribution in [3.05, 3.63) is 90.5 Å². The van der Waals surface area contributed by atoms with E-state index in [1.54, 1.807) is 49.4 Å². The Balaban J connectivity index is 1.97. The van der Waals surface area contributed by atoms with E-state index in [0.29, 0.717) is 18.0 Å². The summed E-state index contributed by atoms with van der Waals surface area (Å²) in [6.45, 7) is 5.77. The molecule has 2 amide bonds. The number of hydrogen-bond acceptors (Lipinski definition) is 5. The molecule has 38 heavy (non-hydrogen) atoms. The number of nitrogens with zero attached hydrogens (tertiary/aromatic N) is 2. The Hall–Kier alpha value is -3.85. The Morgan fingerprint density at radius 2 is 1.45 bits per heavy atom. The van der Waals surface area contributed by atoms with Gasteiger partial charge in [-0.15, -0.1) is 0 Å². The van der Waals surface area contributed by atoms with Gasteiger partial charge in [-0.1, -0.05) is 62.4 Å². The molecule has 1 unspecified atom stereocenters. The highest BCUT2D eigenvalue weighted by Crippen LogP contribution is 2.25. The van der Waals surface area contributed by atoms with Gasteiger partial charge in [0.25, 0.3) is 10.0 Å². The highest BCUT2D eigenvalue weighted by molar-refractivity contribution is 7.92. The van der Waals surface area contributed by atoms with E-state index in [1.807, 2.05) is 44.2 Å². The summed E-state index contributed by atoms with van der Waals surface area (Å²) in [6.07, 6.45) is 0. The number of methoxy groups -OCH3 is 1. The van der Waals surface area contributed by atoms with Gasteiger partial charge >= 0.3 is 0 Å². The number of ether oxygens (including phenoxy) is 1. The van der Waals surface area contributed by atoms with Gasteiger partial charge < -0.3 is 15.0 Å². The van der Waals surface area contributed by atoms with Crippen molar-refractivity contribution in [3.8, 4) is 5.75 Å². The van der Waals surface area contributed by atoms with Crippen LogP contribution in [0.25, 0.3) is 0 Å². The summed E-state index contributed by atoms with van der Waals surface area (Å²) < 4.78 is 33.8. The van der Waals surface area contributed by atoms with E-state index < -0.39 is 28.5 Å². The Labute approximate surface area is 225 Å². The number of anilines is 1. The van der Waals surface area contributed by atoms with Crippen molar-refractivity contribution < 1.29 is 22.7 Å². The van der Waals surface area contributed by atoms with E-state index in [1.165, 1.54) is 24.1 Å². The van der Waals surface area contributed by atoms with Crippen LogP contribution in [0.5, 0.6) is 5.75 Å². The van der Waals surface area contributed by atoms with Crippen LogP contribution in [-0.4, -0.2) is 51.4 Å². The number of para-hydroxylation sites is 1. The molecule has 3 aromatic carbocycles. The maximum atomic E-state index is 13.8. The van der Waals surface area contributed by atoms with E-state index in [4.69, 9.17) is 4.74 Å². The third-order valence-corrected chi connectivity index (χ3v) is 7.81. The van der Waals surface area contributed by atoms with Gasteiger partial charge in [0, 0.05) is 13.1 Å². The molecule has 0 radical (unpaired) electrons. The molecule has 0 saturated heterocycles. The van der Waals surface area contributed by atoms with Gasteiger partial charge in [0.05, 0.1) is 17.7 Å². The SMILES string of the molecule is COc1ccc(S(=O)(=O)N(CC(=O)N(Cc2ccccc2)C(C)C(=O)NCC(C)C)c2ccccc2)cc1. The second kappa shape index (κ2) is 13.1. The molecule has 0 aliphatic rings. The molecule has 0 spiro atoms. The molecule has 0 aliphatic carbocycles. The molecule has 3 aromatic rings. The summed E-state index contributed by atoms with van der Waals surface area (Å²) in [5, 5.41) is 2.88. The average molecular weight is 538 g/mol. The molecule has 202 valence electrons. The fourth-order valence-electron chi connectivity index (χ4n) is 3.81. The first kappa shape index (κ1) is 28.7. The maximum absolute atomic E-state index is 13.8. The molecule has 1 atom stereocenters. The predicted octanol–water partition coefficient (Wildman–Crippen LogP) is 4.08. The Bertz CT molecular complexity index is 1300. The summed E-state index contributed by atoms with van der Waals surface area (Å²) in [5.41, 5.74) is 1.17. The monoisotopic (exact) mass is 537 g/mol. The van der Waals surface area contributed by atoms with Crippen molar-refractivity contribution in [3.63, 3.8) is 0 Å². The highest BCUT2D eigenvalue weighted by atomic mass is 32.2. The number of rotatable bonds is 12. The lowest BCUT2D eigenvalue weighted by Gasteiger charge is -2.32. The third-order valence-electron chi connectivity index (χ3n) is 6.02. The third kappa shape index (κ3) is 7.35. The zero-order valence-electron chi connectivity index (χ0n) is 22.2. The van der Waals surface area contributed by atoms with Gasteiger partial charge in [-0.3, -0.25) is 13.9 Å². The summed E-state index contributed by atoms with van der Waals surface area (Å²) in [6, 6.07) is 22.9. The standard InChI is InChI=1S/C29H35N3O5S/c1-22(2)19-30-29(34)23(3)31(20-24-11-7-5-8-12-24)28(33)21-32(25-13-9-6-10-14-25)38(35,36)27-17-15-26(37-4)16-18-27/h5-18,22-23H,19-21H2,1-4H3,(H,30,34). The molecular weight excluding hydrogens is 502 g/mol. The van der Waals surface area contributed by atoms with Crippen molar-refractivity contribution in [2.24, 2.45) is 5.92 Å². The van der Waals surface area contributed by atoms with E-state index in [2.05, 4.69) is 5.32 Å². The quantitative estimate of drug-likeness (QED) is 0.376. The minimum absolute atomic E-state index is 0.0206. The second-order valence-electron chi connectivity index (χ2n) is 9.34. The number of nitrogens with one attached hydrogen (secondary N) is 1.